The van der Waals surface area contributed by atoms with Crippen LogP contribution in [-0.4, -0.2) is 79.8 Å². The number of hydrogen-bond donors (Lipinski definition) is 3. The van der Waals surface area contributed by atoms with Gasteiger partial charge in [-0.1, -0.05) is 65.8 Å². The van der Waals surface area contributed by atoms with E-state index >= 15 is 0 Å². The van der Waals surface area contributed by atoms with Crippen molar-refractivity contribution in [2.45, 2.75) is 43.9 Å². The number of anilines is 1. The maximum Gasteiger partial charge on any atom is 0.353 e. The third-order valence-electron chi connectivity index (χ3n) is 7.25. The van der Waals surface area contributed by atoms with Gasteiger partial charge in [-0.25, -0.2) is 14.6 Å². The maximum absolute atomic E-state index is 13.6. The van der Waals surface area contributed by atoms with E-state index in [0.717, 1.165) is 27.4 Å². The first-order valence-corrected chi connectivity index (χ1v) is 16.4. The highest BCUT2D eigenvalue weighted by atomic mass is 32.2. The summed E-state index contributed by atoms with van der Waals surface area (Å²) >= 11 is 2.23. The van der Waals surface area contributed by atoms with Crippen LogP contribution in [0, 0.1) is 0 Å². The molecule has 250 valence electrons. The van der Waals surface area contributed by atoms with Gasteiger partial charge in [0.25, 0.3) is 11.8 Å². The molecule has 3 aromatic rings. The number of hydrogen-bond acceptors (Lipinski definition) is 13. The third kappa shape index (κ3) is 7.34. The lowest BCUT2D eigenvalue weighted by Gasteiger charge is -2.49. The Balaban J connectivity index is 1.34. The zero-order valence-electron chi connectivity index (χ0n) is 25.9. The molecule has 3 heterocycles. The van der Waals surface area contributed by atoms with Crippen LogP contribution in [0.4, 0.5) is 5.13 Å². The average Bonchev–Trinajstić information content (AvgIpc) is 3.50. The molecule has 16 heteroatoms. The smallest absolute Gasteiger partial charge is 0.353 e. The second-order valence-electron chi connectivity index (χ2n) is 11.1. The summed E-state index contributed by atoms with van der Waals surface area (Å²) in [7, 11) is 0. The highest BCUT2D eigenvalue weighted by Gasteiger charge is 2.54. The normalized spacial score (nSPS) is 17.7. The number of benzene rings is 2. The summed E-state index contributed by atoms with van der Waals surface area (Å²) in [4.78, 5) is 74.4. The molecule has 5 rings (SSSR count). The molecule has 1 aromatic heterocycles. The van der Waals surface area contributed by atoms with Crippen LogP contribution in [0.5, 0.6) is 0 Å². The highest BCUT2D eigenvalue weighted by Crippen LogP contribution is 2.40. The van der Waals surface area contributed by atoms with E-state index in [0.29, 0.717) is 0 Å². The molecule has 14 nitrogen and oxygen atoms in total. The van der Waals surface area contributed by atoms with E-state index < -0.39 is 52.8 Å². The number of thiazole rings is 1. The number of ether oxygens (including phenoxy) is 2. The van der Waals surface area contributed by atoms with Crippen molar-refractivity contribution in [1.82, 2.24) is 15.2 Å². The van der Waals surface area contributed by atoms with Crippen LogP contribution < -0.4 is 11.1 Å². The van der Waals surface area contributed by atoms with Crippen LogP contribution in [0.2, 0.25) is 0 Å². The summed E-state index contributed by atoms with van der Waals surface area (Å²) in [5, 5.41) is 17.2. The number of β-lactam (4-membered cyclic amide) rings is 1. The van der Waals surface area contributed by atoms with E-state index in [9.17, 15) is 29.1 Å². The van der Waals surface area contributed by atoms with Crippen LogP contribution in [0.25, 0.3) is 0 Å². The summed E-state index contributed by atoms with van der Waals surface area (Å²) in [6, 6.07) is 17.2. The lowest BCUT2D eigenvalue weighted by molar-refractivity contribution is -0.172. The number of nitrogens with one attached hydrogen (secondary N) is 1. The first-order valence-electron chi connectivity index (χ1n) is 14.5. The lowest BCUT2D eigenvalue weighted by Crippen LogP contribution is -2.71. The molecule has 2 aliphatic rings. The number of carboxylic acid groups (broad SMARTS) is 1. The molecule has 48 heavy (non-hydrogen) atoms. The third-order valence-corrected chi connectivity index (χ3v) is 9.27. The van der Waals surface area contributed by atoms with Crippen molar-refractivity contribution in [2.75, 3.05) is 18.1 Å². The van der Waals surface area contributed by atoms with E-state index in [1.807, 2.05) is 60.7 Å². The van der Waals surface area contributed by atoms with Crippen molar-refractivity contribution in [3.8, 4) is 0 Å². The minimum atomic E-state index is -1.70. The number of nitrogens with zero attached hydrogens (tertiary/aromatic N) is 3. The van der Waals surface area contributed by atoms with Gasteiger partial charge in [0.05, 0.1) is 0 Å². The highest BCUT2D eigenvalue weighted by molar-refractivity contribution is 8.00. The Morgan fingerprint density at radius 1 is 1.10 bits per heavy atom. The van der Waals surface area contributed by atoms with Gasteiger partial charge in [-0.05, 0) is 25.0 Å². The molecule has 2 atom stereocenters. The number of aliphatic carboxylic acids is 1. The van der Waals surface area contributed by atoms with E-state index in [-0.39, 0.29) is 40.2 Å². The molecule has 0 bridgehead atoms. The van der Waals surface area contributed by atoms with Gasteiger partial charge >= 0.3 is 17.9 Å². The zero-order valence-corrected chi connectivity index (χ0v) is 27.6. The molecule has 0 unspecified atom stereocenters. The number of rotatable bonds is 12. The van der Waals surface area contributed by atoms with Crippen molar-refractivity contribution >= 4 is 63.7 Å². The number of amides is 2. The van der Waals surface area contributed by atoms with Crippen molar-refractivity contribution in [3.05, 3.63) is 94.1 Å². The predicted molar refractivity (Wildman–Crippen MR) is 175 cm³/mol. The standard InChI is InChI=1S/C32H31N5O9S2/c1-17(38)44-14-20-15-47-28-23(27(40)37(28)24(20)29(41)42)35-26(39)22(21-16-48-31(33)34-21)36-46-32(2,3)30(43)45-25(18-10-6-4-7-11-18)19-12-8-5-9-13-19/h4-13,16,23,25,28H,14-15H2,1-3H3,(H2,33,34)(H,35,39)(H,41,42)/b36-22-/t23-,28-/m1/s1. The van der Waals surface area contributed by atoms with E-state index in [2.05, 4.69) is 15.5 Å². The molecule has 2 aliphatic heterocycles. The molecule has 0 saturated carbocycles. The largest absolute Gasteiger partial charge is 0.477 e. The monoisotopic (exact) mass is 693 g/mol. The first kappa shape index (κ1) is 34.1. The molecule has 0 aliphatic carbocycles. The van der Waals surface area contributed by atoms with Crippen LogP contribution >= 0.6 is 23.1 Å². The Morgan fingerprint density at radius 2 is 1.73 bits per heavy atom. The van der Waals surface area contributed by atoms with Crippen LogP contribution in [0.3, 0.4) is 0 Å². The van der Waals surface area contributed by atoms with Gasteiger partial charge in [0, 0.05) is 23.6 Å². The first-order chi connectivity index (χ1) is 22.9. The predicted octanol–water partition coefficient (Wildman–Crippen LogP) is 2.86. The molecule has 2 aromatic carbocycles. The van der Waals surface area contributed by atoms with Crippen molar-refractivity contribution in [1.29, 1.82) is 0 Å². The van der Waals surface area contributed by atoms with E-state index in [1.165, 1.54) is 37.9 Å². The maximum atomic E-state index is 13.6. The van der Waals surface area contributed by atoms with Gasteiger partial charge < -0.3 is 30.5 Å². The number of esters is 2. The number of carboxylic acids is 1. The molecule has 0 radical (unpaired) electrons. The second-order valence-corrected chi connectivity index (χ2v) is 13.1. The fourth-order valence-electron chi connectivity index (χ4n) is 4.82. The molecular weight excluding hydrogens is 663 g/mol. The van der Waals surface area contributed by atoms with Gasteiger partial charge in [0.15, 0.2) is 16.9 Å². The number of aromatic nitrogens is 1. The van der Waals surface area contributed by atoms with Crippen LogP contribution in [-0.2, 0) is 38.3 Å². The Bertz CT molecular complexity index is 1750. The van der Waals surface area contributed by atoms with Crippen molar-refractivity contribution < 1.29 is 43.4 Å². The fourth-order valence-corrected chi connectivity index (χ4v) is 6.70. The topological polar surface area (TPSA) is 200 Å². The minimum absolute atomic E-state index is 0.0281. The summed E-state index contributed by atoms with van der Waals surface area (Å²) < 4.78 is 10.9. The SMILES string of the molecule is CC(=O)OCC1=C(C(=O)O)N2C(=O)[C@@H](NC(=O)/C(=N\OC(C)(C)C(=O)OC(c3ccccc3)c3ccccc3)c3csc(N)n3)[C@H]2SC1. The summed E-state index contributed by atoms with van der Waals surface area (Å²) in [5.41, 5.74) is 5.18. The molecule has 1 saturated heterocycles. The molecule has 0 spiro atoms. The number of oxime groups is 1. The Morgan fingerprint density at radius 3 is 2.27 bits per heavy atom. The zero-order chi connectivity index (χ0) is 34.6. The summed E-state index contributed by atoms with van der Waals surface area (Å²) in [5.74, 6) is -4.16. The molecule has 1 fully saturated rings. The van der Waals surface area contributed by atoms with Gasteiger partial charge in [-0.15, -0.1) is 23.1 Å². The number of fused-ring (bicyclic) bond motifs is 1. The lowest BCUT2D eigenvalue weighted by atomic mass is 10.0. The number of carbonyl (C=O) groups is 5. The molecule has 2 amide bonds. The Kier molecular flexibility index (Phi) is 10.1. The van der Waals surface area contributed by atoms with Crippen molar-refractivity contribution in [3.63, 3.8) is 0 Å². The number of nitrogens with two attached hydrogens (primary N) is 1. The molecule has 4 N–H and O–H groups in total. The van der Waals surface area contributed by atoms with Gasteiger partial charge in [-0.2, -0.15) is 0 Å². The van der Waals surface area contributed by atoms with E-state index in [4.69, 9.17) is 20.0 Å². The second kappa shape index (κ2) is 14.3. The molecular formula is C32H31N5O9S2. The van der Waals surface area contributed by atoms with Crippen LogP contribution in [0.15, 0.2) is 82.5 Å². The van der Waals surface area contributed by atoms with Gasteiger partial charge in [-0.3, -0.25) is 19.3 Å². The number of carbonyl (C=O) groups excluding carboxylic acids is 4. The summed E-state index contributed by atoms with van der Waals surface area (Å²) in [6.07, 6.45) is -0.757. The van der Waals surface area contributed by atoms with Crippen LogP contribution in [0.1, 0.15) is 43.7 Å². The van der Waals surface area contributed by atoms with Crippen molar-refractivity contribution in [2.24, 2.45) is 5.16 Å². The van der Waals surface area contributed by atoms with E-state index in [1.54, 1.807) is 0 Å². The number of nitrogen functional groups attached to an aromatic ring is 1. The average molecular weight is 694 g/mol. The minimum Gasteiger partial charge on any atom is -0.477 e. The van der Waals surface area contributed by atoms with Gasteiger partial charge in [0.1, 0.15) is 29.4 Å². The fraction of sp³-hybridized carbons (Fsp3) is 0.281. The summed E-state index contributed by atoms with van der Waals surface area (Å²) in [6.45, 7) is 3.76. The Hall–Kier alpha value is -5.22. The number of thioether (sulfide) groups is 1. The Labute approximate surface area is 282 Å². The quantitative estimate of drug-likeness (QED) is 0.109. The van der Waals surface area contributed by atoms with Gasteiger partial charge in [0.2, 0.25) is 5.60 Å².